The van der Waals surface area contributed by atoms with Crippen LogP contribution in [0.4, 0.5) is 0 Å². The highest BCUT2D eigenvalue weighted by Crippen LogP contribution is 2.57. The number of hydrogen-bond acceptors (Lipinski definition) is 9. The van der Waals surface area contributed by atoms with E-state index in [0.29, 0.717) is 31.3 Å². The predicted octanol–water partition coefficient (Wildman–Crippen LogP) is 7.70. The molecule has 9 unspecified atom stereocenters. The first kappa shape index (κ1) is 40.0. The van der Waals surface area contributed by atoms with Crippen molar-refractivity contribution in [2.24, 2.45) is 29.1 Å². The van der Waals surface area contributed by atoms with Crippen LogP contribution >= 0.6 is 0 Å². The largest absolute Gasteiger partial charge is 0.469 e. The summed E-state index contributed by atoms with van der Waals surface area (Å²) < 4.78 is 24.4. The first-order valence-corrected chi connectivity index (χ1v) is 19.3. The summed E-state index contributed by atoms with van der Waals surface area (Å²) in [6.45, 7) is 17.0. The SMILES string of the molecule is COC(=O)C12CC(=O)C(C(C)C)CC(=O)C(C)=CCCC(C)=CC(=O)C1CC(C)=C1C(OC(C)=O)CC3(C)OC3CCC3(C)OC3CCC(C)=CC12. The van der Waals surface area contributed by atoms with E-state index < -0.39 is 46.8 Å². The van der Waals surface area contributed by atoms with Crippen molar-refractivity contribution >= 4 is 29.3 Å². The number of methoxy groups -OCH3 is 1. The molecule has 52 heavy (non-hydrogen) atoms. The van der Waals surface area contributed by atoms with Crippen molar-refractivity contribution in [1.82, 2.24) is 0 Å². The number of hydrogen-bond donors (Lipinski definition) is 0. The van der Waals surface area contributed by atoms with Gasteiger partial charge in [-0.05, 0) is 110 Å². The van der Waals surface area contributed by atoms with E-state index >= 15 is 0 Å². The zero-order chi connectivity index (χ0) is 38.3. The summed E-state index contributed by atoms with van der Waals surface area (Å²) in [4.78, 5) is 70.7. The van der Waals surface area contributed by atoms with Crippen LogP contribution in [0.1, 0.15) is 127 Å². The second-order valence-corrected chi connectivity index (χ2v) is 17.2. The highest BCUT2D eigenvalue weighted by Gasteiger charge is 2.62. The van der Waals surface area contributed by atoms with Gasteiger partial charge in [0.2, 0.25) is 0 Å². The van der Waals surface area contributed by atoms with Gasteiger partial charge in [0.15, 0.2) is 11.6 Å². The van der Waals surface area contributed by atoms with Gasteiger partial charge in [-0.1, -0.05) is 42.7 Å². The molecule has 0 amide bonds. The van der Waals surface area contributed by atoms with E-state index in [9.17, 15) is 24.0 Å². The summed E-state index contributed by atoms with van der Waals surface area (Å²) in [5.74, 6) is -4.36. The smallest absolute Gasteiger partial charge is 0.313 e. The molecule has 5 aliphatic rings. The van der Waals surface area contributed by atoms with E-state index in [1.165, 1.54) is 14.0 Å². The summed E-state index contributed by atoms with van der Waals surface area (Å²) in [6, 6.07) is 0. The van der Waals surface area contributed by atoms with Crippen molar-refractivity contribution in [3.05, 3.63) is 46.1 Å². The number of esters is 2. The van der Waals surface area contributed by atoms with Gasteiger partial charge in [0.1, 0.15) is 11.9 Å². The molecule has 0 saturated carbocycles. The van der Waals surface area contributed by atoms with Gasteiger partial charge in [-0.2, -0.15) is 0 Å². The number of epoxide rings is 2. The third-order valence-electron chi connectivity index (χ3n) is 12.8. The Morgan fingerprint density at radius 2 is 1.60 bits per heavy atom. The Balaban J connectivity index is 1.77. The molecule has 2 fully saturated rings. The molecule has 0 aromatic carbocycles. The number of ketones is 3. The molecular weight excluding hydrogens is 660 g/mol. The standard InChI is InChI=1S/C43H60O9/c1-24(2)30-21-33(45)27(5)13-11-12-25(3)19-34(46)31-20-28(6)39-32(43(31,22-35(30)47)40(48)49-10)18-26(4)14-15-37-41(8,51-37)17-16-38-42(9,52-38)23-36(39)50-29(7)44/h13,18-19,24,30-32,36-38H,11-12,14-17,20-23H2,1-10H3. The van der Waals surface area contributed by atoms with Gasteiger partial charge >= 0.3 is 11.9 Å². The van der Waals surface area contributed by atoms with Crippen molar-refractivity contribution < 1.29 is 42.9 Å². The number of allylic oxidation sites excluding steroid dienone is 7. The predicted molar refractivity (Wildman–Crippen MR) is 197 cm³/mol. The average Bonchev–Trinajstić information content (AvgIpc) is 3.93. The van der Waals surface area contributed by atoms with Crippen LogP contribution < -0.4 is 0 Å². The number of carbonyl (C=O) groups is 5. The molecule has 2 heterocycles. The van der Waals surface area contributed by atoms with Crippen molar-refractivity contribution in [2.45, 2.75) is 156 Å². The highest BCUT2D eigenvalue weighted by molar-refractivity contribution is 6.02. The normalized spacial score (nSPS) is 37.8. The summed E-state index contributed by atoms with van der Waals surface area (Å²) in [6.07, 6.45) is 9.29. The molecule has 286 valence electrons. The first-order valence-electron chi connectivity index (χ1n) is 19.3. The highest BCUT2D eigenvalue weighted by atomic mass is 16.6. The minimum Gasteiger partial charge on any atom is -0.469 e. The lowest BCUT2D eigenvalue weighted by Gasteiger charge is -2.49. The number of Topliss-reactive ketones (excluding diaryl/α,β-unsaturated/α-hetero) is 2. The van der Waals surface area contributed by atoms with Crippen LogP contribution in [0, 0.1) is 29.1 Å². The van der Waals surface area contributed by atoms with Crippen molar-refractivity contribution in [3.8, 4) is 0 Å². The molecule has 0 bridgehead atoms. The summed E-state index contributed by atoms with van der Waals surface area (Å²) >= 11 is 0. The summed E-state index contributed by atoms with van der Waals surface area (Å²) in [7, 11) is 1.30. The van der Waals surface area contributed by atoms with E-state index in [4.69, 9.17) is 18.9 Å². The monoisotopic (exact) mass is 720 g/mol. The van der Waals surface area contributed by atoms with Crippen LogP contribution in [0.5, 0.6) is 0 Å². The van der Waals surface area contributed by atoms with Gasteiger partial charge in [0.05, 0.1) is 35.9 Å². The fraction of sp³-hybridized carbons (Fsp3) is 0.698. The third-order valence-corrected chi connectivity index (χ3v) is 12.8. The second kappa shape index (κ2) is 15.3. The fourth-order valence-electron chi connectivity index (χ4n) is 9.38. The molecule has 9 atom stereocenters. The quantitative estimate of drug-likeness (QED) is 0.164. The zero-order valence-electron chi connectivity index (χ0n) is 33.0. The van der Waals surface area contributed by atoms with E-state index in [2.05, 4.69) is 6.92 Å². The Morgan fingerprint density at radius 3 is 2.25 bits per heavy atom. The topological polar surface area (TPSA) is 129 Å². The molecule has 0 aromatic heterocycles. The lowest BCUT2D eigenvalue weighted by molar-refractivity contribution is -0.166. The van der Waals surface area contributed by atoms with Crippen LogP contribution in [-0.2, 0) is 42.9 Å². The molecule has 3 aliphatic carbocycles. The Labute approximate surface area is 310 Å². The summed E-state index contributed by atoms with van der Waals surface area (Å²) in [5.41, 5.74) is 1.46. The van der Waals surface area contributed by atoms with Crippen LogP contribution in [0.3, 0.4) is 0 Å². The molecule has 2 saturated heterocycles. The van der Waals surface area contributed by atoms with Crippen LogP contribution in [-0.4, -0.2) is 65.9 Å². The van der Waals surface area contributed by atoms with Gasteiger partial charge < -0.3 is 18.9 Å². The summed E-state index contributed by atoms with van der Waals surface area (Å²) in [5, 5.41) is 0. The maximum Gasteiger partial charge on any atom is 0.313 e. The van der Waals surface area contributed by atoms with Crippen molar-refractivity contribution in [1.29, 1.82) is 0 Å². The number of ether oxygens (including phenoxy) is 4. The number of carbonyl (C=O) groups excluding carboxylic acids is 5. The molecule has 0 spiro atoms. The Bertz CT molecular complexity index is 1610. The van der Waals surface area contributed by atoms with Crippen LogP contribution in [0.25, 0.3) is 0 Å². The van der Waals surface area contributed by atoms with Crippen LogP contribution in [0.2, 0.25) is 0 Å². The van der Waals surface area contributed by atoms with Crippen LogP contribution in [0.15, 0.2) is 46.1 Å². The molecular formula is C43H60O9. The molecule has 9 nitrogen and oxygen atoms in total. The lowest BCUT2D eigenvalue weighted by atomic mass is 9.53. The molecule has 0 N–H and O–H groups in total. The minimum atomic E-state index is -1.67. The van der Waals surface area contributed by atoms with Gasteiger partial charge in [0, 0.05) is 43.9 Å². The van der Waals surface area contributed by atoms with E-state index in [1.807, 2.05) is 53.7 Å². The van der Waals surface area contributed by atoms with E-state index in [-0.39, 0.29) is 60.3 Å². The van der Waals surface area contributed by atoms with Crippen molar-refractivity contribution in [3.63, 3.8) is 0 Å². The van der Waals surface area contributed by atoms with Gasteiger partial charge in [0.25, 0.3) is 0 Å². The fourth-order valence-corrected chi connectivity index (χ4v) is 9.38. The number of rotatable bonds is 3. The molecule has 5 rings (SSSR count). The zero-order valence-corrected chi connectivity index (χ0v) is 33.0. The second-order valence-electron chi connectivity index (χ2n) is 17.2. The molecule has 2 aliphatic heterocycles. The van der Waals surface area contributed by atoms with E-state index in [1.54, 1.807) is 13.0 Å². The van der Waals surface area contributed by atoms with Gasteiger partial charge in [-0.15, -0.1) is 0 Å². The molecule has 0 aromatic rings. The Hall–Kier alpha value is -3.17. The average molecular weight is 721 g/mol. The van der Waals surface area contributed by atoms with E-state index in [0.717, 1.165) is 41.6 Å². The van der Waals surface area contributed by atoms with Gasteiger partial charge in [-0.3, -0.25) is 24.0 Å². The first-order chi connectivity index (χ1) is 24.3. The van der Waals surface area contributed by atoms with Crippen molar-refractivity contribution in [2.75, 3.05) is 7.11 Å². The molecule has 9 heteroatoms. The number of fused-ring (bicyclic) bond motifs is 5. The molecule has 0 radical (unpaired) electrons. The Morgan fingerprint density at radius 1 is 0.923 bits per heavy atom. The maximum absolute atomic E-state index is 14.8. The maximum atomic E-state index is 14.8. The van der Waals surface area contributed by atoms with Gasteiger partial charge in [-0.25, -0.2) is 0 Å². The minimum absolute atomic E-state index is 0.0120. The lowest BCUT2D eigenvalue weighted by Crippen LogP contribution is -2.54. The third kappa shape index (κ3) is 8.15. The Kier molecular flexibility index (Phi) is 11.8.